The van der Waals surface area contributed by atoms with Crippen LogP contribution < -0.4 is 0 Å². The molecule has 0 amide bonds. The molecule has 0 N–H and O–H groups in total. The Morgan fingerprint density at radius 2 is 1.86 bits per heavy atom. The molecule has 3 rings (SSSR count). The number of aromatic nitrogens is 2. The predicted octanol–water partition coefficient (Wildman–Crippen LogP) is 2.35. The van der Waals surface area contributed by atoms with E-state index < -0.39 is 5.97 Å². The van der Waals surface area contributed by atoms with E-state index in [0.717, 1.165) is 0 Å². The van der Waals surface area contributed by atoms with Crippen LogP contribution >= 0.6 is 0 Å². The van der Waals surface area contributed by atoms with Gasteiger partial charge < -0.3 is 4.74 Å². The lowest BCUT2D eigenvalue weighted by Crippen LogP contribution is -2.11. The molecule has 0 atom stereocenters. The Balaban J connectivity index is 2.19. The molecule has 0 saturated carbocycles. The average molecular weight is 280 g/mol. The molecule has 0 saturated heterocycles. The fourth-order valence-electron chi connectivity index (χ4n) is 2.17. The number of benzene rings is 1. The third-order valence-electron chi connectivity index (χ3n) is 3.20. The molecule has 0 radical (unpaired) electrons. The van der Waals surface area contributed by atoms with Gasteiger partial charge in [-0.15, -0.1) is 0 Å². The van der Waals surface area contributed by atoms with Gasteiger partial charge >= 0.3 is 5.97 Å². The Hall–Kier alpha value is -2.95. The number of carbonyl (C=O) groups is 2. The number of carbonyl (C=O) groups excluding carboxylic acids is 2. The molecule has 1 aromatic carbocycles. The van der Waals surface area contributed by atoms with Crippen molar-refractivity contribution in [1.29, 1.82) is 0 Å². The zero-order chi connectivity index (χ0) is 14.8. The maximum absolute atomic E-state index is 12.6. The van der Waals surface area contributed by atoms with Crippen molar-refractivity contribution in [2.75, 3.05) is 7.11 Å². The molecule has 0 unspecified atom stereocenters. The molecule has 104 valence electrons. The lowest BCUT2D eigenvalue weighted by molar-refractivity contribution is 0.0600. The summed E-state index contributed by atoms with van der Waals surface area (Å²) in [5.41, 5.74) is 1.75. The van der Waals surface area contributed by atoms with Gasteiger partial charge in [-0.25, -0.2) is 9.78 Å². The summed E-state index contributed by atoms with van der Waals surface area (Å²) in [6, 6.07) is 12.0. The first-order valence-electron chi connectivity index (χ1n) is 6.36. The molecule has 3 aromatic rings. The van der Waals surface area contributed by atoms with Crippen molar-refractivity contribution < 1.29 is 14.3 Å². The van der Waals surface area contributed by atoms with Gasteiger partial charge in [0.2, 0.25) is 5.78 Å². The summed E-state index contributed by atoms with van der Waals surface area (Å²) in [4.78, 5) is 28.5. The second-order valence-electron chi connectivity index (χ2n) is 4.47. The maximum atomic E-state index is 12.6. The molecule has 0 aliphatic carbocycles. The maximum Gasteiger partial charge on any atom is 0.338 e. The molecule has 5 heteroatoms. The van der Waals surface area contributed by atoms with Gasteiger partial charge in [0.25, 0.3) is 0 Å². The summed E-state index contributed by atoms with van der Waals surface area (Å²) in [7, 11) is 1.30. The molecule has 0 bridgehead atoms. The lowest BCUT2D eigenvalue weighted by atomic mass is 10.1. The van der Waals surface area contributed by atoms with Gasteiger partial charge in [-0.1, -0.05) is 30.3 Å². The highest BCUT2D eigenvalue weighted by Crippen LogP contribution is 2.16. The number of pyridine rings is 1. The molecule has 0 aliphatic rings. The Labute approximate surface area is 120 Å². The molecule has 0 spiro atoms. The monoisotopic (exact) mass is 280 g/mol. The summed E-state index contributed by atoms with van der Waals surface area (Å²) in [5, 5.41) is 0. The first kappa shape index (κ1) is 13.1. The molecule has 0 fully saturated rings. The number of methoxy groups -OCH3 is 1. The number of fused-ring (bicyclic) bond motifs is 1. The minimum atomic E-state index is -0.498. The smallest absolute Gasteiger partial charge is 0.338 e. The Bertz CT molecular complexity index is 822. The fourth-order valence-corrected chi connectivity index (χ4v) is 2.17. The highest BCUT2D eigenvalue weighted by atomic mass is 16.5. The van der Waals surface area contributed by atoms with Gasteiger partial charge in [0.15, 0.2) is 0 Å². The van der Waals surface area contributed by atoms with Crippen molar-refractivity contribution in [2.45, 2.75) is 0 Å². The van der Waals surface area contributed by atoms with Gasteiger partial charge in [-0.05, 0) is 12.1 Å². The molecule has 5 nitrogen and oxygen atoms in total. The SMILES string of the molecule is COC(=O)c1cc(C(=O)c2ccccc2)n2ccnc2c1. The highest BCUT2D eigenvalue weighted by molar-refractivity contribution is 6.09. The van der Waals surface area contributed by atoms with E-state index in [2.05, 4.69) is 4.98 Å². The largest absolute Gasteiger partial charge is 0.465 e. The van der Waals surface area contributed by atoms with Crippen LogP contribution in [-0.2, 0) is 4.74 Å². The standard InChI is InChI=1S/C16H12N2O3/c1-21-16(20)12-9-13(18-8-7-17-14(18)10-12)15(19)11-5-3-2-4-6-11/h2-10H,1H3. The topological polar surface area (TPSA) is 60.7 Å². The van der Waals surface area contributed by atoms with E-state index >= 15 is 0 Å². The van der Waals surface area contributed by atoms with Crippen LogP contribution in [0.25, 0.3) is 5.65 Å². The summed E-state index contributed by atoms with van der Waals surface area (Å²) >= 11 is 0. The molecule has 2 aromatic heterocycles. The Kier molecular flexibility index (Phi) is 3.23. The summed E-state index contributed by atoms with van der Waals surface area (Å²) in [6.45, 7) is 0. The van der Waals surface area contributed by atoms with Crippen LogP contribution in [0.4, 0.5) is 0 Å². The zero-order valence-corrected chi connectivity index (χ0v) is 11.3. The quantitative estimate of drug-likeness (QED) is 0.546. The third kappa shape index (κ3) is 2.29. The molecule has 2 heterocycles. The van der Waals surface area contributed by atoms with Gasteiger partial charge in [0.05, 0.1) is 18.4 Å². The highest BCUT2D eigenvalue weighted by Gasteiger charge is 2.17. The first-order valence-corrected chi connectivity index (χ1v) is 6.36. The number of rotatable bonds is 3. The van der Waals surface area contributed by atoms with Crippen molar-refractivity contribution >= 4 is 17.4 Å². The summed E-state index contributed by atoms with van der Waals surface area (Å²) < 4.78 is 6.37. The second-order valence-corrected chi connectivity index (χ2v) is 4.47. The third-order valence-corrected chi connectivity index (χ3v) is 3.20. The number of nitrogens with zero attached hydrogens (tertiary/aromatic N) is 2. The summed E-state index contributed by atoms with van der Waals surface area (Å²) in [5.74, 6) is -0.674. The number of esters is 1. The van der Waals surface area contributed by atoms with Crippen molar-refractivity contribution in [2.24, 2.45) is 0 Å². The van der Waals surface area contributed by atoms with Crippen LogP contribution in [0.1, 0.15) is 26.4 Å². The van der Waals surface area contributed by atoms with Crippen molar-refractivity contribution in [1.82, 2.24) is 9.38 Å². The van der Waals surface area contributed by atoms with Crippen LogP contribution in [0.15, 0.2) is 54.9 Å². The second kappa shape index (κ2) is 5.20. The Morgan fingerprint density at radius 3 is 2.57 bits per heavy atom. The number of ketones is 1. The first-order chi connectivity index (χ1) is 10.2. The van der Waals surface area contributed by atoms with E-state index in [0.29, 0.717) is 22.5 Å². The van der Waals surface area contributed by atoms with Gasteiger partial charge in [-0.3, -0.25) is 9.20 Å². The number of ether oxygens (including phenoxy) is 1. The van der Waals surface area contributed by atoms with E-state index in [1.54, 1.807) is 47.1 Å². The van der Waals surface area contributed by atoms with E-state index in [1.807, 2.05) is 6.07 Å². The normalized spacial score (nSPS) is 10.5. The Morgan fingerprint density at radius 1 is 1.10 bits per heavy atom. The predicted molar refractivity (Wildman–Crippen MR) is 76.4 cm³/mol. The minimum Gasteiger partial charge on any atom is -0.465 e. The number of hydrogen-bond acceptors (Lipinski definition) is 4. The van der Waals surface area contributed by atoms with Crippen LogP contribution in [0, 0.1) is 0 Å². The van der Waals surface area contributed by atoms with E-state index in [1.165, 1.54) is 13.2 Å². The van der Waals surface area contributed by atoms with Crippen LogP contribution in [0.5, 0.6) is 0 Å². The number of hydrogen-bond donors (Lipinski definition) is 0. The average Bonchev–Trinajstić information content (AvgIpc) is 3.01. The van der Waals surface area contributed by atoms with Crippen molar-refractivity contribution in [3.63, 3.8) is 0 Å². The minimum absolute atomic E-state index is 0.177. The van der Waals surface area contributed by atoms with E-state index in [4.69, 9.17) is 4.74 Å². The van der Waals surface area contributed by atoms with Gasteiger partial charge in [0.1, 0.15) is 5.65 Å². The summed E-state index contributed by atoms with van der Waals surface area (Å²) in [6.07, 6.45) is 3.27. The lowest BCUT2D eigenvalue weighted by Gasteiger charge is -2.07. The van der Waals surface area contributed by atoms with Gasteiger partial charge in [0, 0.05) is 18.0 Å². The van der Waals surface area contributed by atoms with Gasteiger partial charge in [-0.2, -0.15) is 0 Å². The van der Waals surface area contributed by atoms with E-state index in [-0.39, 0.29) is 5.78 Å². The molecule has 0 aliphatic heterocycles. The molecule has 21 heavy (non-hydrogen) atoms. The van der Waals surface area contributed by atoms with Crippen LogP contribution in [-0.4, -0.2) is 28.2 Å². The van der Waals surface area contributed by atoms with Crippen molar-refractivity contribution in [3.05, 3.63) is 71.7 Å². The number of imidazole rings is 1. The van der Waals surface area contributed by atoms with Crippen molar-refractivity contribution in [3.8, 4) is 0 Å². The fraction of sp³-hybridized carbons (Fsp3) is 0.0625. The molecular weight excluding hydrogens is 268 g/mol. The van der Waals surface area contributed by atoms with E-state index in [9.17, 15) is 9.59 Å². The zero-order valence-electron chi connectivity index (χ0n) is 11.3. The molecular formula is C16H12N2O3. The van der Waals surface area contributed by atoms with Crippen LogP contribution in [0.2, 0.25) is 0 Å². The van der Waals surface area contributed by atoms with Crippen LogP contribution in [0.3, 0.4) is 0 Å².